The highest BCUT2D eigenvalue weighted by atomic mass is 16.5. The van der Waals surface area contributed by atoms with E-state index in [0.29, 0.717) is 12.2 Å². The Morgan fingerprint density at radius 1 is 1.16 bits per heavy atom. The zero-order chi connectivity index (χ0) is 13.5. The minimum atomic E-state index is -0.287. The Labute approximate surface area is 112 Å². The van der Waals surface area contributed by atoms with Crippen LogP contribution in [-0.2, 0) is 4.74 Å². The average Bonchev–Trinajstić information content (AvgIpc) is 2.47. The van der Waals surface area contributed by atoms with Crippen molar-refractivity contribution in [3.63, 3.8) is 0 Å². The van der Waals surface area contributed by atoms with E-state index < -0.39 is 0 Å². The summed E-state index contributed by atoms with van der Waals surface area (Å²) in [4.78, 5) is 15.5. The number of benzene rings is 1. The highest BCUT2D eigenvalue weighted by Gasteiger charge is 2.04. The van der Waals surface area contributed by atoms with Gasteiger partial charge < -0.3 is 4.74 Å². The number of esters is 1. The maximum Gasteiger partial charge on any atom is 0.338 e. The van der Waals surface area contributed by atoms with Crippen molar-refractivity contribution in [3.05, 3.63) is 65.5 Å². The zero-order valence-corrected chi connectivity index (χ0v) is 10.7. The van der Waals surface area contributed by atoms with Gasteiger partial charge in [-0.25, -0.2) is 4.79 Å². The van der Waals surface area contributed by atoms with Gasteiger partial charge in [0.05, 0.1) is 12.2 Å². The maximum atomic E-state index is 11.5. The summed E-state index contributed by atoms with van der Waals surface area (Å²) in [5, 5.41) is 0. The summed E-state index contributed by atoms with van der Waals surface area (Å²) in [7, 11) is 0. The summed E-state index contributed by atoms with van der Waals surface area (Å²) in [6, 6.07) is 11.2. The molecule has 96 valence electrons. The maximum absolute atomic E-state index is 11.5. The highest BCUT2D eigenvalue weighted by molar-refractivity contribution is 5.89. The van der Waals surface area contributed by atoms with Crippen molar-refractivity contribution in [1.29, 1.82) is 0 Å². The van der Waals surface area contributed by atoms with Gasteiger partial charge in [-0.1, -0.05) is 30.4 Å². The van der Waals surface area contributed by atoms with E-state index in [-0.39, 0.29) is 5.97 Å². The first-order valence-corrected chi connectivity index (χ1v) is 6.15. The molecule has 1 heterocycles. The molecule has 1 aromatic heterocycles. The normalized spacial score (nSPS) is 10.6. The molecular weight excluding hydrogens is 238 g/mol. The third-order valence-electron chi connectivity index (χ3n) is 2.57. The van der Waals surface area contributed by atoms with Crippen LogP contribution in [0.3, 0.4) is 0 Å². The molecule has 0 fully saturated rings. The molecule has 1 aromatic carbocycles. The smallest absolute Gasteiger partial charge is 0.338 e. The summed E-state index contributed by atoms with van der Waals surface area (Å²) in [5.74, 6) is -0.287. The monoisotopic (exact) mass is 253 g/mol. The molecule has 0 aliphatic heterocycles. The predicted octanol–water partition coefficient (Wildman–Crippen LogP) is 3.43. The van der Waals surface area contributed by atoms with Crippen molar-refractivity contribution < 1.29 is 9.53 Å². The van der Waals surface area contributed by atoms with Gasteiger partial charge in [-0.05, 0) is 36.2 Å². The largest absolute Gasteiger partial charge is 0.462 e. The lowest BCUT2D eigenvalue weighted by Gasteiger charge is -2.01. The number of hydrogen-bond donors (Lipinski definition) is 0. The minimum Gasteiger partial charge on any atom is -0.462 e. The molecule has 0 aliphatic carbocycles. The Kier molecular flexibility index (Phi) is 4.45. The second-order valence-electron chi connectivity index (χ2n) is 3.96. The number of aromatic nitrogens is 1. The molecule has 0 amide bonds. The Hall–Kier alpha value is -2.42. The molecular formula is C16H15NO2. The summed E-state index contributed by atoms with van der Waals surface area (Å²) in [6.07, 6.45) is 7.49. The molecule has 3 nitrogen and oxygen atoms in total. The lowest BCUT2D eigenvalue weighted by molar-refractivity contribution is 0.0526. The number of hydrogen-bond acceptors (Lipinski definition) is 3. The topological polar surface area (TPSA) is 39.2 Å². The average molecular weight is 253 g/mol. The number of carbonyl (C=O) groups is 1. The van der Waals surface area contributed by atoms with Gasteiger partial charge in [0.25, 0.3) is 0 Å². The zero-order valence-electron chi connectivity index (χ0n) is 10.7. The summed E-state index contributed by atoms with van der Waals surface area (Å²) in [5.41, 5.74) is 2.63. The summed E-state index contributed by atoms with van der Waals surface area (Å²) in [6.45, 7) is 2.18. The Bertz CT molecular complexity index is 559. The fourth-order valence-corrected chi connectivity index (χ4v) is 1.61. The van der Waals surface area contributed by atoms with Crippen molar-refractivity contribution in [2.45, 2.75) is 6.92 Å². The van der Waals surface area contributed by atoms with Crippen LogP contribution < -0.4 is 0 Å². The van der Waals surface area contributed by atoms with Crippen molar-refractivity contribution >= 4 is 18.1 Å². The van der Waals surface area contributed by atoms with E-state index in [1.54, 1.807) is 31.5 Å². The molecule has 0 spiro atoms. The van der Waals surface area contributed by atoms with E-state index in [9.17, 15) is 4.79 Å². The summed E-state index contributed by atoms with van der Waals surface area (Å²) < 4.78 is 4.93. The van der Waals surface area contributed by atoms with Crippen molar-refractivity contribution in [3.8, 4) is 0 Å². The molecule has 0 bridgehead atoms. The number of pyridine rings is 1. The molecule has 0 unspecified atom stereocenters. The number of rotatable bonds is 4. The van der Waals surface area contributed by atoms with Crippen molar-refractivity contribution in [1.82, 2.24) is 4.98 Å². The third-order valence-corrected chi connectivity index (χ3v) is 2.57. The van der Waals surface area contributed by atoms with E-state index >= 15 is 0 Å². The Morgan fingerprint density at radius 3 is 2.53 bits per heavy atom. The highest BCUT2D eigenvalue weighted by Crippen LogP contribution is 2.10. The van der Waals surface area contributed by atoms with Crippen LogP contribution in [0.15, 0.2) is 48.8 Å². The molecule has 0 saturated carbocycles. The standard InChI is InChI=1S/C16H15NO2/c1-2-19-16(18)15-9-7-13(8-10-15)5-6-14-4-3-11-17-12-14/h3-12H,2H2,1H3/b6-5+. The third kappa shape index (κ3) is 3.78. The summed E-state index contributed by atoms with van der Waals surface area (Å²) >= 11 is 0. The van der Waals surface area contributed by atoms with Gasteiger partial charge in [0.1, 0.15) is 0 Å². The van der Waals surface area contributed by atoms with Crippen LogP contribution in [0.5, 0.6) is 0 Å². The van der Waals surface area contributed by atoms with Gasteiger partial charge in [0.15, 0.2) is 0 Å². The van der Waals surface area contributed by atoms with E-state index in [4.69, 9.17) is 4.74 Å². The SMILES string of the molecule is CCOC(=O)c1ccc(/C=C/c2cccnc2)cc1. The van der Waals surface area contributed by atoms with Gasteiger partial charge in [0.2, 0.25) is 0 Å². The van der Waals surface area contributed by atoms with Crippen LogP contribution in [0.1, 0.15) is 28.4 Å². The molecule has 2 aromatic rings. The van der Waals surface area contributed by atoms with E-state index in [1.165, 1.54) is 0 Å². The first kappa shape index (κ1) is 13.0. The van der Waals surface area contributed by atoms with Crippen LogP contribution >= 0.6 is 0 Å². The van der Waals surface area contributed by atoms with Crippen molar-refractivity contribution in [2.24, 2.45) is 0 Å². The van der Waals surface area contributed by atoms with E-state index in [2.05, 4.69) is 4.98 Å². The molecule has 0 aliphatic rings. The fraction of sp³-hybridized carbons (Fsp3) is 0.125. The quantitative estimate of drug-likeness (QED) is 0.784. The van der Waals surface area contributed by atoms with Crippen LogP contribution in [-0.4, -0.2) is 17.6 Å². The van der Waals surface area contributed by atoms with Crippen LogP contribution in [0.4, 0.5) is 0 Å². The molecule has 0 atom stereocenters. The van der Waals surface area contributed by atoms with Crippen molar-refractivity contribution in [2.75, 3.05) is 6.61 Å². The fourth-order valence-electron chi connectivity index (χ4n) is 1.61. The van der Waals surface area contributed by atoms with Gasteiger partial charge >= 0.3 is 5.97 Å². The van der Waals surface area contributed by atoms with Gasteiger partial charge in [-0.15, -0.1) is 0 Å². The van der Waals surface area contributed by atoms with E-state index in [1.807, 2.05) is 36.4 Å². The van der Waals surface area contributed by atoms with E-state index in [0.717, 1.165) is 11.1 Å². The molecule has 2 rings (SSSR count). The molecule has 0 N–H and O–H groups in total. The first-order valence-electron chi connectivity index (χ1n) is 6.15. The number of nitrogens with zero attached hydrogens (tertiary/aromatic N) is 1. The Morgan fingerprint density at radius 2 is 1.89 bits per heavy atom. The van der Waals surface area contributed by atoms with Crippen LogP contribution in [0, 0.1) is 0 Å². The van der Waals surface area contributed by atoms with Crippen LogP contribution in [0.25, 0.3) is 12.2 Å². The molecule has 3 heteroatoms. The number of carbonyl (C=O) groups excluding carboxylic acids is 1. The number of ether oxygens (including phenoxy) is 1. The molecule has 19 heavy (non-hydrogen) atoms. The molecule has 0 radical (unpaired) electrons. The Balaban J connectivity index is 2.07. The van der Waals surface area contributed by atoms with Gasteiger partial charge in [-0.2, -0.15) is 0 Å². The second-order valence-corrected chi connectivity index (χ2v) is 3.96. The van der Waals surface area contributed by atoms with Gasteiger partial charge in [-0.3, -0.25) is 4.98 Å². The van der Waals surface area contributed by atoms with Gasteiger partial charge in [0, 0.05) is 12.4 Å². The second kappa shape index (κ2) is 6.50. The minimum absolute atomic E-state index is 0.287. The van der Waals surface area contributed by atoms with Crippen LogP contribution in [0.2, 0.25) is 0 Å². The molecule has 0 saturated heterocycles. The predicted molar refractivity (Wildman–Crippen MR) is 75.6 cm³/mol. The first-order chi connectivity index (χ1) is 9.29. The lowest BCUT2D eigenvalue weighted by atomic mass is 10.1. The lowest BCUT2D eigenvalue weighted by Crippen LogP contribution is -2.03.